The van der Waals surface area contributed by atoms with Gasteiger partial charge in [-0.2, -0.15) is 0 Å². The molecule has 0 spiro atoms. The highest BCUT2D eigenvalue weighted by Gasteiger charge is 2.39. The van der Waals surface area contributed by atoms with E-state index in [0.29, 0.717) is 25.1 Å². The summed E-state index contributed by atoms with van der Waals surface area (Å²) in [5, 5.41) is 18.3. The van der Waals surface area contributed by atoms with Gasteiger partial charge in [0.05, 0.1) is 36.6 Å². The van der Waals surface area contributed by atoms with Crippen LogP contribution >= 0.6 is 0 Å². The third-order valence-corrected chi connectivity index (χ3v) is 4.21. The first kappa shape index (κ1) is 13.9. The van der Waals surface area contributed by atoms with Gasteiger partial charge in [-0.25, -0.2) is 9.67 Å². The summed E-state index contributed by atoms with van der Waals surface area (Å²) in [6, 6.07) is 5.37. The summed E-state index contributed by atoms with van der Waals surface area (Å²) in [6.45, 7) is 1.13. The first-order valence-electron chi connectivity index (χ1n) is 7.42. The van der Waals surface area contributed by atoms with Crippen molar-refractivity contribution in [3.8, 4) is 0 Å². The van der Waals surface area contributed by atoms with Crippen molar-refractivity contribution in [2.45, 2.75) is 18.6 Å². The largest absolute Gasteiger partial charge is 0.386 e. The molecule has 2 aromatic heterocycles. The Morgan fingerprint density at radius 1 is 1.43 bits per heavy atom. The Balaban J connectivity index is 1.51. The van der Waals surface area contributed by atoms with Crippen molar-refractivity contribution in [2.24, 2.45) is 0 Å². The number of rotatable bonds is 3. The molecule has 3 aromatic rings. The zero-order valence-electron chi connectivity index (χ0n) is 12.4. The van der Waals surface area contributed by atoms with Gasteiger partial charge in [0.2, 0.25) is 0 Å². The number of aromatic amines is 1. The Hall–Kier alpha value is -2.74. The fourth-order valence-electron chi connectivity index (χ4n) is 3.03. The summed E-state index contributed by atoms with van der Waals surface area (Å²) in [5.74, 6) is -0.0870. The van der Waals surface area contributed by atoms with E-state index in [-0.39, 0.29) is 12.5 Å². The van der Waals surface area contributed by atoms with Crippen LogP contribution in [0.4, 0.5) is 0 Å². The van der Waals surface area contributed by atoms with E-state index in [1.54, 1.807) is 40.4 Å². The Kier molecular flexibility index (Phi) is 3.12. The van der Waals surface area contributed by atoms with Crippen molar-refractivity contribution in [2.75, 3.05) is 13.1 Å². The zero-order chi connectivity index (χ0) is 15.9. The maximum Gasteiger partial charge on any atom is 0.254 e. The first-order valence-corrected chi connectivity index (χ1v) is 7.42. The van der Waals surface area contributed by atoms with Crippen LogP contribution in [0.2, 0.25) is 0 Å². The molecule has 0 bridgehead atoms. The molecule has 1 amide bonds. The topological polar surface area (TPSA) is 99.9 Å². The standard InChI is InChI=1S/C15H16N6O2/c22-14(11-1-2-12-13(7-11)17-10-16-12)20-5-3-15(23,8-20)9-21-6-4-18-19-21/h1-2,4,6-7,10,23H,3,5,8-9H2,(H,16,17). The van der Waals surface area contributed by atoms with Crippen LogP contribution in [0.15, 0.2) is 36.9 Å². The van der Waals surface area contributed by atoms with E-state index in [9.17, 15) is 9.90 Å². The van der Waals surface area contributed by atoms with E-state index in [1.807, 2.05) is 6.07 Å². The number of hydrogen-bond donors (Lipinski definition) is 2. The summed E-state index contributed by atoms with van der Waals surface area (Å²) in [5.41, 5.74) is 1.27. The summed E-state index contributed by atoms with van der Waals surface area (Å²) < 4.78 is 1.59. The molecule has 1 aliphatic rings. The van der Waals surface area contributed by atoms with Gasteiger partial charge in [0.15, 0.2) is 0 Å². The van der Waals surface area contributed by atoms with Gasteiger partial charge in [-0.05, 0) is 24.6 Å². The number of aromatic nitrogens is 5. The molecule has 1 atom stereocenters. The molecule has 8 nitrogen and oxygen atoms in total. The van der Waals surface area contributed by atoms with Gasteiger partial charge in [-0.3, -0.25) is 4.79 Å². The number of H-pyrrole nitrogens is 1. The monoisotopic (exact) mass is 312 g/mol. The summed E-state index contributed by atoms with van der Waals surface area (Å²) in [6.07, 6.45) is 5.39. The normalized spacial score (nSPS) is 21.2. The minimum atomic E-state index is -0.971. The molecule has 0 aliphatic carbocycles. The molecule has 23 heavy (non-hydrogen) atoms. The summed E-state index contributed by atoms with van der Waals surface area (Å²) >= 11 is 0. The number of nitrogens with zero attached hydrogens (tertiary/aromatic N) is 5. The van der Waals surface area contributed by atoms with Crippen molar-refractivity contribution < 1.29 is 9.90 Å². The molecule has 118 valence electrons. The molecule has 4 rings (SSSR count). The number of β-amino-alcohol motifs (C(OH)–C–C–N with tert-alkyl or cyclic N) is 1. The maximum atomic E-state index is 12.6. The number of benzene rings is 1. The van der Waals surface area contributed by atoms with Crippen molar-refractivity contribution in [1.29, 1.82) is 0 Å². The van der Waals surface area contributed by atoms with Crippen LogP contribution in [-0.2, 0) is 6.54 Å². The molecule has 0 saturated carbocycles. The highest BCUT2D eigenvalue weighted by Crippen LogP contribution is 2.25. The van der Waals surface area contributed by atoms with E-state index >= 15 is 0 Å². The minimum absolute atomic E-state index is 0.0870. The Morgan fingerprint density at radius 2 is 2.35 bits per heavy atom. The van der Waals surface area contributed by atoms with Crippen LogP contribution in [0.3, 0.4) is 0 Å². The van der Waals surface area contributed by atoms with Gasteiger partial charge < -0.3 is 15.0 Å². The predicted molar refractivity (Wildman–Crippen MR) is 81.6 cm³/mol. The van der Waals surface area contributed by atoms with Gasteiger partial charge >= 0.3 is 0 Å². The van der Waals surface area contributed by atoms with Gasteiger partial charge in [-0.15, -0.1) is 5.10 Å². The van der Waals surface area contributed by atoms with E-state index in [0.717, 1.165) is 11.0 Å². The molecule has 0 radical (unpaired) electrons. The number of amides is 1. The molecule has 1 aliphatic heterocycles. The van der Waals surface area contributed by atoms with E-state index in [1.165, 1.54) is 0 Å². The Labute approximate surface area is 131 Å². The third-order valence-electron chi connectivity index (χ3n) is 4.21. The van der Waals surface area contributed by atoms with Gasteiger partial charge in [0.1, 0.15) is 5.60 Å². The second-order valence-corrected chi connectivity index (χ2v) is 5.94. The lowest BCUT2D eigenvalue weighted by molar-refractivity contribution is 0.0267. The molecule has 2 N–H and O–H groups in total. The van der Waals surface area contributed by atoms with Crippen LogP contribution in [0, 0.1) is 0 Å². The highest BCUT2D eigenvalue weighted by molar-refractivity contribution is 5.97. The Bertz CT molecular complexity index is 843. The van der Waals surface area contributed by atoms with Crippen molar-refractivity contribution >= 4 is 16.9 Å². The summed E-state index contributed by atoms with van der Waals surface area (Å²) in [4.78, 5) is 21.5. The number of carbonyl (C=O) groups is 1. The van der Waals surface area contributed by atoms with Crippen molar-refractivity contribution in [3.63, 3.8) is 0 Å². The van der Waals surface area contributed by atoms with Crippen LogP contribution in [0.25, 0.3) is 11.0 Å². The number of likely N-dealkylation sites (tertiary alicyclic amines) is 1. The molecule has 1 saturated heterocycles. The lowest BCUT2D eigenvalue weighted by Crippen LogP contribution is -2.39. The smallest absolute Gasteiger partial charge is 0.254 e. The average Bonchev–Trinajstić information content (AvgIpc) is 3.27. The second-order valence-electron chi connectivity index (χ2n) is 5.94. The minimum Gasteiger partial charge on any atom is -0.386 e. The number of aliphatic hydroxyl groups is 1. The van der Waals surface area contributed by atoms with Gasteiger partial charge in [0.25, 0.3) is 5.91 Å². The molecule has 3 heterocycles. The average molecular weight is 312 g/mol. The fraction of sp³-hybridized carbons (Fsp3) is 0.333. The fourth-order valence-corrected chi connectivity index (χ4v) is 3.03. The number of hydrogen-bond acceptors (Lipinski definition) is 5. The lowest BCUT2D eigenvalue weighted by Gasteiger charge is -2.23. The molecular weight excluding hydrogens is 296 g/mol. The van der Waals surface area contributed by atoms with Crippen LogP contribution in [0.5, 0.6) is 0 Å². The van der Waals surface area contributed by atoms with Crippen molar-refractivity contribution in [1.82, 2.24) is 29.9 Å². The first-order chi connectivity index (χ1) is 11.1. The second kappa shape index (κ2) is 5.17. The number of imidazole rings is 1. The quantitative estimate of drug-likeness (QED) is 0.730. The van der Waals surface area contributed by atoms with Crippen LogP contribution in [-0.4, -0.2) is 59.6 Å². The predicted octanol–water partition coefficient (Wildman–Crippen LogP) is 0.432. The maximum absolute atomic E-state index is 12.6. The molecular formula is C15H16N6O2. The van der Waals surface area contributed by atoms with Gasteiger partial charge in [-0.1, -0.05) is 5.21 Å². The molecule has 1 fully saturated rings. The zero-order valence-corrected chi connectivity index (χ0v) is 12.4. The third kappa shape index (κ3) is 2.57. The number of nitrogens with one attached hydrogen (secondary N) is 1. The van der Waals surface area contributed by atoms with E-state index < -0.39 is 5.60 Å². The highest BCUT2D eigenvalue weighted by atomic mass is 16.3. The Morgan fingerprint density at radius 3 is 3.17 bits per heavy atom. The molecule has 1 unspecified atom stereocenters. The lowest BCUT2D eigenvalue weighted by atomic mass is 10.0. The number of carbonyl (C=O) groups excluding carboxylic acids is 1. The molecule has 1 aromatic carbocycles. The van der Waals surface area contributed by atoms with Gasteiger partial charge in [0, 0.05) is 18.3 Å². The summed E-state index contributed by atoms with van der Waals surface area (Å²) in [7, 11) is 0. The van der Waals surface area contributed by atoms with Crippen LogP contribution < -0.4 is 0 Å². The van der Waals surface area contributed by atoms with E-state index in [2.05, 4.69) is 20.3 Å². The number of fused-ring (bicyclic) bond motifs is 1. The van der Waals surface area contributed by atoms with Crippen molar-refractivity contribution in [3.05, 3.63) is 42.5 Å². The van der Waals surface area contributed by atoms with E-state index in [4.69, 9.17) is 0 Å². The molecule has 8 heteroatoms. The van der Waals surface area contributed by atoms with Crippen LogP contribution in [0.1, 0.15) is 16.8 Å². The SMILES string of the molecule is O=C(c1ccc2nc[nH]c2c1)N1CCC(O)(Cn2ccnn2)C1.